The molecular formula is C15H9Cl2N. The normalized spacial score (nSPS) is 10.8. The Morgan fingerprint density at radius 2 is 1.72 bits per heavy atom. The largest absolute Gasteiger partial charge is 0.256 e. The van der Waals surface area contributed by atoms with Crippen LogP contribution in [0.5, 0.6) is 0 Å². The number of hydrogen-bond donors (Lipinski definition) is 0. The van der Waals surface area contributed by atoms with Crippen LogP contribution in [0.1, 0.15) is 0 Å². The van der Waals surface area contributed by atoms with Crippen molar-refractivity contribution in [2.75, 3.05) is 0 Å². The lowest BCUT2D eigenvalue weighted by molar-refractivity contribution is 1.41. The molecule has 0 fully saturated rings. The third-order valence-electron chi connectivity index (χ3n) is 2.85. The molecule has 0 aliphatic carbocycles. The quantitative estimate of drug-likeness (QED) is 0.593. The highest BCUT2D eigenvalue weighted by Gasteiger charge is 2.07. The van der Waals surface area contributed by atoms with E-state index in [4.69, 9.17) is 23.2 Å². The van der Waals surface area contributed by atoms with Gasteiger partial charge in [0.1, 0.15) is 0 Å². The van der Waals surface area contributed by atoms with E-state index >= 15 is 0 Å². The molecule has 0 bridgehead atoms. The van der Waals surface area contributed by atoms with Gasteiger partial charge in [-0.3, -0.25) is 4.98 Å². The van der Waals surface area contributed by atoms with Crippen molar-refractivity contribution in [1.29, 1.82) is 0 Å². The van der Waals surface area contributed by atoms with Gasteiger partial charge in [-0.05, 0) is 18.2 Å². The summed E-state index contributed by atoms with van der Waals surface area (Å²) in [6.07, 6.45) is 1.82. The molecule has 3 rings (SSSR count). The molecule has 1 heterocycles. The van der Waals surface area contributed by atoms with Gasteiger partial charge in [-0.1, -0.05) is 53.5 Å². The zero-order chi connectivity index (χ0) is 12.5. The first kappa shape index (κ1) is 11.5. The number of nitrogens with zero attached hydrogens (tertiary/aromatic N) is 1. The minimum Gasteiger partial charge on any atom is -0.256 e. The number of aromatic nitrogens is 1. The Kier molecular flexibility index (Phi) is 2.94. The summed E-state index contributed by atoms with van der Waals surface area (Å²) in [7, 11) is 0. The van der Waals surface area contributed by atoms with E-state index in [1.807, 2.05) is 42.6 Å². The summed E-state index contributed by atoms with van der Waals surface area (Å²) in [4.78, 5) is 4.43. The summed E-state index contributed by atoms with van der Waals surface area (Å²) >= 11 is 12.2. The third-order valence-corrected chi connectivity index (χ3v) is 3.67. The third kappa shape index (κ3) is 1.96. The van der Waals surface area contributed by atoms with Crippen LogP contribution < -0.4 is 0 Å². The molecule has 3 heteroatoms. The van der Waals surface area contributed by atoms with E-state index in [1.54, 1.807) is 6.07 Å². The second-order valence-corrected chi connectivity index (χ2v) is 4.80. The molecule has 3 aromatic rings. The number of hydrogen-bond acceptors (Lipinski definition) is 1. The van der Waals surface area contributed by atoms with Crippen molar-refractivity contribution in [2.24, 2.45) is 0 Å². The first-order chi connectivity index (χ1) is 8.75. The van der Waals surface area contributed by atoms with Crippen molar-refractivity contribution in [3.8, 4) is 11.1 Å². The van der Waals surface area contributed by atoms with Crippen LogP contribution in [0.2, 0.25) is 10.0 Å². The summed E-state index contributed by atoms with van der Waals surface area (Å²) in [5, 5.41) is 2.21. The molecule has 0 amide bonds. The Balaban J connectivity index is 2.22. The highest BCUT2D eigenvalue weighted by Crippen LogP contribution is 2.33. The Bertz CT molecular complexity index is 723. The van der Waals surface area contributed by atoms with Crippen LogP contribution in [-0.4, -0.2) is 4.98 Å². The van der Waals surface area contributed by atoms with Crippen molar-refractivity contribution in [2.45, 2.75) is 0 Å². The predicted octanol–water partition coefficient (Wildman–Crippen LogP) is 5.21. The van der Waals surface area contributed by atoms with Gasteiger partial charge in [-0.25, -0.2) is 0 Å². The molecule has 0 aliphatic rings. The molecule has 1 nitrogen and oxygen atoms in total. The lowest BCUT2D eigenvalue weighted by Gasteiger charge is -2.06. The molecular weight excluding hydrogens is 265 g/mol. The maximum absolute atomic E-state index is 6.22. The highest BCUT2D eigenvalue weighted by molar-refractivity contribution is 6.43. The molecule has 0 unspecified atom stereocenters. The monoisotopic (exact) mass is 273 g/mol. The Hall–Kier alpha value is -1.57. The zero-order valence-corrected chi connectivity index (χ0v) is 10.9. The van der Waals surface area contributed by atoms with Gasteiger partial charge in [0.05, 0.1) is 15.6 Å². The Morgan fingerprint density at radius 3 is 2.61 bits per heavy atom. The second kappa shape index (κ2) is 4.60. The molecule has 0 saturated carbocycles. The number of rotatable bonds is 1. The van der Waals surface area contributed by atoms with E-state index in [9.17, 15) is 0 Å². The maximum Gasteiger partial charge on any atom is 0.0702 e. The van der Waals surface area contributed by atoms with Crippen LogP contribution in [0.15, 0.2) is 54.7 Å². The topological polar surface area (TPSA) is 12.9 Å². The summed E-state index contributed by atoms with van der Waals surface area (Å²) < 4.78 is 0. The summed E-state index contributed by atoms with van der Waals surface area (Å²) in [6.45, 7) is 0. The van der Waals surface area contributed by atoms with Gasteiger partial charge in [-0.2, -0.15) is 0 Å². The molecule has 88 valence electrons. The van der Waals surface area contributed by atoms with Crippen molar-refractivity contribution in [3.63, 3.8) is 0 Å². The van der Waals surface area contributed by atoms with E-state index in [0.717, 1.165) is 22.0 Å². The number of halogens is 2. The Morgan fingerprint density at radius 1 is 0.889 bits per heavy atom. The van der Waals surface area contributed by atoms with Gasteiger partial charge in [0, 0.05) is 22.7 Å². The molecule has 0 atom stereocenters. The lowest BCUT2D eigenvalue weighted by atomic mass is 10.1. The van der Waals surface area contributed by atoms with Crippen LogP contribution in [0.3, 0.4) is 0 Å². The maximum atomic E-state index is 6.22. The summed E-state index contributed by atoms with van der Waals surface area (Å²) in [5.41, 5.74) is 2.85. The average molecular weight is 274 g/mol. The standard InChI is InChI=1S/C15H9Cl2N/c16-13-6-3-5-12(15(13)17)11-8-10-4-1-2-7-14(10)18-9-11/h1-9H. The van der Waals surface area contributed by atoms with Crippen molar-refractivity contribution in [1.82, 2.24) is 4.98 Å². The van der Waals surface area contributed by atoms with Crippen LogP contribution in [-0.2, 0) is 0 Å². The smallest absolute Gasteiger partial charge is 0.0702 e. The van der Waals surface area contributed by atoms with E-state index in [0.29, 0.717) is 10.0 Å². The lowest BCUT2D eigenvalue weighted by Crippen LogP contribution is -1.84. The van der Waals surface area contributed by atoms with E-state index in [1.165, 1.54) is 0 Å². The first-order valence-electron chi connectivity index (χ1n) is 5.55. The number of benzene rings is 2. The summed E-state index contributed by atoms with van der Waals surface area (Å²) in [6, 6.07) is 15.7. The van der Waals surface area contributed by atoms with Crippen molar-refractivity contribution >= 4 is 34.1 Å². The van der Waals surface area contributed by atoms with Gasteiger partial charge < -0.3 is 0 Å². The fourth-order valence-corrected chi connectivity index (χ4v) is 2.35. The fraction of sp³-hybridized carbons (Fsp3) is 0. The van der Waals surface area contributed by atoms with E-state index in [-0.39, 0.29) is 0 Å². The molecule has 0 saturated heterocycles. The van der Waals surface area contributed by atoms with Crippen LogP contribution in [0.4, 0.5) is 0 Å². The molecule has 0 N–H and O–H groups in total. The SMILES string of the molecule is Clc1cccc(-c2cnc3ccccc3c2)c1Cl. The molecule has 2 aromatic carbocycles. The molecule has 18 heavy (non-hydrogen) atoms. The molecule has 0 aliphatic heterocycles. The van der Waals surface area contributed by atoms with Gasteiger partial charge in [-0.15, -0.1) is 0 Å². The van der Waals surface area contributed by atoms with Gasteiger partial charge in [0.2, 0.25) is 0 Å². The minimum absolute atomic E-state index is 0.558. The van der Waals surface area contributed by atoms with E-state index < -0.39 is 0 Å². The predicted molar refractivity (Wildman–Crippen MR) is 77.2 cm³/mol. The van der Waals surface area contributed by atoms with Crippen LogP contribution in [0.25, 0.3) is 22.0 Å². The highest BCUT2D eigenvalue weighted by atomic mass is 35.5. The van der Waals surface area contributed by atoms with Crippen molar-refractivity contribution in [3.05, 3.63) is 64.8 Å². The van der Waals surface area contributed by atoms with Gasteiger partial charge in [0.25, 0.3) is 0 Å². The molecule has 0 radical (unpaired) electrons. The number of para-hydroxylation sites is 1. The molecule has 1 aromatic heterocycles. The minimum atomic E-state index is 0.558. The van der Waals surface area contributed by atoms with Crippen LogP contribution >= 0.6 is 23.2 Å². The fourth-order valence-electron chi connectivity index (χ4n) is 1.95. The van der Waals surface area contributed by atoms with Crippen molar-refractivity contribution < 1.29 is 0 Å². The summed E-state index contributed by atoms with van der Waals surface area (Å²) in [5.74, 6) is 0. The van der Waals surface area contributed by atoms with E-state index in [2.05, 4.69) is 11.1 Å². The molecule has 0 spiro atoms. The Labute approximate surface area is 115 Å². The first-order valence-corrected chi connectivity index (χ1v) is 6.30. The number of fused-ring (bicyclic) bond motifs is 1. The van der Waals surface area contributed by atoms with Gasteiger partial charge in [0.15, 0.2) is 0 Å². The zero-order valence-electron chi connectivity index (χ0n) is 9.40. The average Bonchev–Trinajstić information content (AvgIpc) is 2.41. The second-order valence-electron chi connectivity index (χ2n) is 4.02. The number of pyridine rings is 1. The van der Waals surface area contributed by atoms with Crippen LogP contribution in [0, 0.1) is 0 Å². The van der Waals surface area contributed by atoms with Gasteiger partial charge >= 0.3 is 0 Å².